The first-order chi connectivity index (χ1) is 8.20. The molecule has 17 heavy (non-hydrogen) atoms. The normalized spacial score (nSPS) is 26.3. The molecular formula is C12H22N4O. The van der Waals surface area contributed by atoms with E-state index in [2.05, 4.69) is 10.4 Å². The van der Waals surface area contributed by atoms with Crippen LogP contribution in [0.1, 0.15) is 30.9 Å². The van der Waals surface area contributed by atoms with Gasteiger partial charge in [-0.3, -0.25) is 4.68 Å². The quantitative estimate of drug-likeness (QED) is 0.787. The van der Waals surface area contributed by atoms with Crippen molar-refractivity contribution in [2.24, 2.45) is 12.8 Å². The van der Waals surface area contributed by atoms with Gasteiger partial charge in [-0.1, -0.05) is 0 Å². The van der Waals surface area contributed by atoms with Gasteiger partial charge in [0.15, 0.2) is 0 Å². The summed E-state index contributed by atoms with van der Waals surface area (Å²) in [5.74, 6) is 0. The molecule has 0 spiro atoms. The van der Waals surface area contributed by atoms with Crippen LogP contribution in [0.2, 0.25) is 0 Å². The lowest BCUT2D eigenvalue weighted by Gasteiger charge is -2.21. The molecule has 1 aliphatic rings. The van der Waals surface area contributed by atoms with Crippen LogP contribution < -0.4 is 11.1 Å². The lowest BCUT2D eigenvalue weighted by Crippen LogP contribution is -2.40. The number of hydrogen-bond acceptors (Lipinski definition) is 4. The van der Waals surface area contributed by atoms with Crippen molar-refractivity contribution < 1.29 is 4.74 Å². The molecule has 0 bridgehead atoms. The standard InChI is InChI=1S/C12H22N4O/c1-16-8-9(6-15-16)10(13)7-14-11-4-3-5-12(11)17-2/h6,8,10-12,14H,3-5,7,13H2,1-2H3. The number of aryl methyl sites for hydroxylation is 1. The number of nitrogens with one attached hydrogen (secondary N) is 1. The fourth-order valence-corrected chi connectivity index (χ4v) is 2.47. The number of aromatic nitrogens is 2. The van der Waals surface area contributed by atoms with Crippen molar-refractivity contribution in [1.82, 2.24) is 15.1 Å². The molecule has 1 heterocycles. The van der Waals surface area contributed by atoms with E-state index < -0.39 is 0 Å². The summed E-state index contributed by atoms with van der Waals surface area (Å²) in [5.41, 5.74) is 7.19. The molecule has 0 aliphatic heterocycles. The number of hydrogen-bond donors (Lipinski definition) is 2. The smallest absolute Gasteiger partial charge is 0.0724 e. The van der Waals surface area contributed by atoms with E-state index in [-0.39, 0.29) is 6.04 Å². The third-order valence-electron chi connectivity index (χ3n) is 3.51. The fourth-order valence-electron chi connectivity index (χ4n) is 2.47. The Balaban J connectivity index is 1.81. The molecule has 1 aromatic rings. The molecule has 0 radical (unpaired) electrons. The van der Waals surface area contributed by atoms with Gasteiger partial charge < -0.3 is 15.8 Å². The maximum Gasteiger partial charge on any atom is 0.0724 e. The van der Waals surface area contributed by atoms with E-state index in [0.29, 0.717) is 12.1 Å². The van der Waals surface area contributed by atoms with Crippen LogP contribution in [-0.4, -0.2) is 35.6 Å². The van der Waals surface area contributed by atoms with E-state index in [0.717, 1.165) is 18.5 Å². The van der Waals surface area contributed by atoms with Crippen LogP contribution in [0.3, 0.4) is 0 Å². The third kappa shape index (κ3) is 3.06. The van der Waals surface area contributed by atoms with E-state index >= 15 is 0 Å². The van der Waals surface area contributed by atoms with Gasteiger partial charge in [-0.2, -0.15) is 5.10 Å². The molecule has 3 atom stereocenters. The van der Waals surface area contributed by atoms with Gasteiger partial charge in [0.1, 0.15) is 0 Å². The van der Waals surface area contributed by atoms with Crippen molar-refractivity contribution in [2.45, 2.75) is 37.5 Å². The molecule has 1 aliphatic carbocycles. The topological polar surface area (TPSA) is 65.1 Å². The second-order valence-corrected chi connectivity index (χ2v) is 4.77. The molecule has 0 amide bonds. The van der Waals surface area contributed by atoms with Crippen LogP contribution in [0.4, 0.5) is 0 Å². The van der Waals surface area contributed by atoms with E-state index in [4.69, 9.17) is 10.5 Å². The Labute approximate surface area is 102 Å². The van der Waals surface area contributed by atoms with E-state index in [1.165, 1.54) is 12.8 Å². The second kappa shape index (κ2) is 5.62. The van der Waals surface area contributed by atoms with Gasteiger partial charge in [0.2, 0.25) is 0 Å². The first-order valence-corrected chi connectivity index (χ1v) is 6.21. The molecular weight excluding hydrogens is 216 g/mol. The molecule has 0 aromatic carbocycles. The average Bonchev–Trinajstić information content (AvgIpc) is 2.94. The first kappa shape index (κ1) is 12.5. The maximum absolute atomic E-state index is 6.12. The zero-order valence-electron chi connectivity index (χ0n) is 10.6. The Morgan fingerprint density at radius 1 is 1.65 bits per heavy atom. The summed E-state index contributed by atoms with van der Waals surface area (Å²) >= 11 is 0. The highest BCUT2D eigenvalue weighted by Crippen LogP contribution is 2.21. The fraction of sp³-hybridized carbons (Fsp3) is 0.750. The predicted molar refractivity (Wildman–Crippen MR) is 66.6 cm³/mol. The van der Waals surface area contributed by atoms with E-state index in [1.54, 1.807) is 11.8 Å². The minimum atomic E-state index is 0.00167. The van der Waals surface area contributed by atoms with Crippen LogP contribution in [0.15, 0.2) is 12.4 Å². The minimum Gasteiger partial charge on any atom is -0.380 e. The number of ether oxygens (including phenoxy) is 1. The van der Waals surface area contributed by atoms with E-state index in [1.807, 2.05) is 19.4 Å². The Morgan fingerprint density at radius 3 is 3.12 bits per heavy atom. The summed E-state index contributed by atoms with van der Waals surface area (Å²) < 4.78 is 7.23. The largest absolute Gasteiger partial charge is 0.380 e. The van der Waals surface area contributed by atoms with Gasteiger partial charge in [-0.25, -0.2) is 0 Å². The number of nitrogens with two attached hydrogens (primary N) is 1. The summed E-state index contributed by atoms with van der Waals surface area (Å²) in [4.78, 5) is 0. The zero-order chi connectivity index (χ0) is 12.3. The lowest BCUT2D eigenvalue weighted by molar-refractivity contribution is 0.0848. The van der Waals surface area contributed by atoms with Gasteiger partial charge in [0.25, 0.3) is 0 Å². The van der Waals surface area contributed by atoms with Crippen molar-refractivity contribution in [3.63, 3.8) is 0 Å². The molecule has 3 N–H and O–H groups in total. The van der Waals surface area contributed by atoms with Crippen molar-refractivity contribution in [3.05, 3.63) is 18.0 Å². The summed E-state index contributed by atoms with van der Waals surface area (Å²) in [6, 6.07) is 0.449. The Kier molecular flexibility index (Phi) is 4.15. The van der Waals surface area contributed by atoms with Gasteiger partial charge in [0.05, 0.1) is 12.3 Å². The number of nitrogens with zero attached hydrogens (tertiary/aromatic N) is 2. The first-order valence-electron chi connectivity index (χ1n) is 6.21. The molecule has 3 unspecified atom stereocenters. The van der Waals surface area contributed by atoms with Crippen LogP contribution in [-0.2, 0) is 11.8 Å². The van der Waals surface area contributed by atoms with Crippen LogP contribution >= 0.6 is 0 Å². The molecule has 1 aromatic heterocycles. The number of methoxy groups -OCH3 is 1. The highest BCUT2D eigenvalue weighted by atomic mass is 16.5. The molecule has 1 saturated carbocycles. The highest BCUT2D eigenvalue weighted by molar-refractivity contribution is 5.10. The Hall–Kier alpha value is -0.910. The minimum absolute atomic E-state index is 0.00167. The monoisotopic (exact) mass is 238 g/mol. The van der Waals surface area contributed by atoms with Crippen LogP contribution in [0.25, 0.3) is 0 Å². The van der Waals surface area contributed by atoms with Gasteiger partial charge in [-0.05, 0) is 19.3 Å². The SMILES string of the molecule is COC1CCCC1NCC(N)c1cnn(C)c1. The second-order valence-electron chi connectivity index (χ2n) is 4.77. The maximum atomic E-state index is 6.12. The predicted octanol–water partition coefficient (Wildman–Crippen LogP) is 0.577. The van der Waals surface area contributed by atoms with Gasteiger partial charge >= 0.3 is 0 Å². The Morgan fingerprint density at radius 2 is 2.47 bits per heavy atom. The molecule has 96 valence electrons. The van der Waals surface area contributed by atoms with Crippen LogP contribution in [0, 0.1) is 0 Å². The molecule has 0 saturated heterocycles. The van der Waals surface area contributed by atoms with Crippen molar-refractivity contribution in [1.29, 1.82) is 0 Å². The van der Waals surface area contributed by atoms with Crippen molar-refractivity contribution >= 4 is 0 Å². The molecule has 5 nitrogen and oxygen atoms in total. The summed E-state index contributed by atoms with van der Waals surface area (Å²) in [7, 11) is 3.69. The summed E-state index contributed by atoms with van der Waals surface area (Å²) in [6.45, 7) is 0.774. The Bertz CT molecular complexity index is 352. The van der Waals surface area contributed by atoms with Crippen LogP contribution in [0.5, 0.6) is 0 Å². The van der Waals surface area contributed by atoms with Crippen molar-refractivity contribution in [2.75, 3.05) is 13.7 Å². The molecule has 5 heteroatoms. The van der Waals surface area contributed by atoms with Gasteiger partial charge in [0, 0.05) is 44.5 Å². The molecule has 2 rings (SSSR count). The third-order valence-corrected chi connectivity index (χ3v) is 3.51. The lowest BCUT2D eigenvalue weighted by atomic mass is 10.1. The van der Waals surface area contributed by atoms with Crippen molar-refractivity contribution in [3.8, 4) is 0 Å². The average molecular weight is 238 g/mol. The summed E-state index contributed by atoms with van der Waals surface area (Å²) in [5, 5.41) is 7.64. The summed E-state index contributed by atoms with van der Waals surface area (Å²) in [6.07, 6.45) is 7.70. The zero-order valence-corrected chi connectivity index (χ0v) is 10.6. The van der Waals surface area contributed by atoms with Gasteiger partial charge in [-0.15, -0.1) is 0 Å². The highest BCUT2D eigenvalue weighted by Gasteiger charge is 2.26. The van der Waals surface area contributed by atoms with E-state index in [9.17, 15) is 0 Å². The molecule has 1 fully saturated rings. The number of rotatable bonds is 5.